The smallest absolute Gasteiger partial charge is 0.166 e. The third-order valence-electron chi connectivity index (χ3n) is 5.18. The van der Waals surface area contributed by atoms with E-state index in [2.05, 4.69) is 79.8 Å². The maximum Gasteiger partial charge on any atom is 0.166 e. The van der Waals surface area contributed by atoms with Crippen molar-refractivity contribution in [3.8, 4) is 11.5 Å². The number of halogens is 1. The second-order valence-corrected chi connectivity index (χ2v) is 7.58. The summed E-state index contributed by atoms with van der Waals surface area (Å²) in [5, 5.41) is 3.73. The zero-order valence-corrected chi connectivity index (χ0v) is 19.6. The molecule has 1 unspecified atom stereocenters. The molecular weight excluding hydrogens is 406 g/mol. The number of ether oxygens (including phenoxy) is 2. The third kappa shape index (κ3) is 7.30. The van der Waals surface area contributed by atoms with E-state index in [4.69, 9.17) is 9.47 Å². The van der Waals surface area contributed by atoms with E-state index in [-0.39, 0.29) is 12.4 Å². The molecule has 0 radical (unpaired) electrons. The molecule has 0 amide bonds. The number of benzene rings is 3. The lowest BCUT2D eigenvalue weighted by molar-refractivity contribution is 0.265. The first-order chi connectivity index (χ1) is 14.7. The summed E-state index contributed by atoms with van der Waals surface area (Å²) in [6, 6.07) is 25.6. The summed E-state index contributed by atoms with van der Waals surface area (Å²) >= 11 is 0. The van der Waals surface area contributed by atoms with Gasteiger partial charge in [-0.25, -0.2) is 0 Å². The molecular formula is C27H34ClNO2. The van der Waals surface area contributed by atoms with Crippen molar-refractivity contribution in [3.63, 3.8) is 0 Å². The monoisotopic (exact) mass is 439 g/mol. The molecule has 0 saturated heterocycles. The Balaban J connectivity index is 0.00000341. The topological polar surface area (TPSA) is 30.5 Å². The normalized spacial score (nSPS) is 11.5. The summed E-state index contributed by atoms with van der Waals surface area (Å²) in [4.78, 5) is 0. The molecule has 0 aliphatic heterocycles. The molecule has 3 rings (SSSR count). The van der Waals surface area contributed by atoms with E-state index in [1.54, 1.807) is 0 Å². The zero-order chi connectivity index (χ0) is 21.2. The predicted molar refractivity (Wildman–Crippen MR) is 131 cm³/mol. The van der Waals surface area contributed by atoms with Crippen LogP contribution in [0.1, 0.15) is 55.0 Å². The van der Waals surface area contributed by atoms with Crippen LogP contribution in [0.3, 0.4) is 0 Å². The van der Waals surface area contributed by atoms with Gasteiger partial charge >= 0.3 is 0 Å². The summed E-state index contributed by atoms with van der Waals surface area (Å²) in [6.45, 7) is 8.18. The molecule has 0 aliphatic rings. The van der Waals surface area contributed by atoms with E-state index in [9.17, 15) is 0 Å². The molecule has 3 aromatic carbocycles. The van der Waals surface area contributed by atoms with Gasteiger partial charge in [-0.15, -0.1) is 12.4 Å². The van der Waals surface area contributed by atoms with E-state index in [0.717, 1.165) is 42.0 Å². The molecule has 0 bridgehead atoms. The lowest BCUT2D eigenvalue weighted by Gasteiger charge is -2.21. The lowest BCUT2D eigenvalue weighted by atomic mass is 10.0. The van der Waals surface area contributed by atoms with Gasteiger partial charge in [-0.05, 0) is 37.5 Å². The van der Waals surface area contributed by atoms with Crippen LogP contribution in [0.25, 0.3) is 0 Å². The van der Waals surface area contributed by atoms with Crippen LogP contribution >= 0.6 is 12.4 Å². The van der Waals surface area contributed by atoms with Crippen LogP contribution in [0.5, 0.6) is 11.5 Å². The van der Waals surface area contributed by atoms with Crippen LogP contribution in [0.4, 0.5) is 0 Å². The molecule has 3 aromatic rings. The van der Waals surface area contributed by atoms with Crippen molar-refractivity contribution < 1.29 is 9.47 Å². The Morgan fingerprint density at radius 2 is 1.58 bits per heavy atom. The fourth-order valence-electron chi connectivity index (χ4n) is 3.57. The molecule has 0 aliphatic carbocycles. The number of rotatable bonds is 11. The summed E-state index contributed by atoms with van der Waals surface area (Å²) in [7, 11) is 0. The molecule has 1 N–H and O–H groups in total. The Kier molecular flexibility index (Phi) is 10.4. The standard InChI is InChI=1S/C27H33NO2.ClH/c1-4-10-25(23-11-7-6-8-12-23)28-19-24-13-9-14-26(29-5-2)27(24)30-20-22-17-15-21(3)16-18-22;/h6-9,11-18,25,28H,4-5,10,19-20H2,1-3H3;1H. The molecule has 0 heterocycles. The molecule has 0 saturated carbocycles. The minimum Gasteiger partial charge on any atom is -0.490 e. The van der Waals surface area contributed by atoms with Crippen molar-refractivity contribution in [3.05, 3.63) is 95.1 Å². The van der Waals surface area contributed by atoms with Gasteiger partial charge in [0.15, 0.2) is 11.5 Å². The van der Waals surface area contributed by atoms with Crippen molar-refractivity contribution in [1.29, 1.82) is 0 Å². The van der Waals surface area contributed by atoms with Crippen LogP contribution in [0, 0.1) is 6.92 Å². The highest BCUT2D eigenvalue weighted by Crippen LogP contribution is 2.33. The molecule has 0 spiro atoms. The summed E-state index contributed by atoms with van der Waals surface area (Å²) < 4.78 is 12.2. The molecule has 31 heavy (non-hydrogen) atoms. The molecule has 0 aromatic heterocycles. The van der Waals surface area contributed by atoms with E-state index < -0.39 is 0 Å². The molecule has 166 valence electrons. The second-order valence-electron chi connectivity index (χ2n) is 7.58. The van der Waals surface area contributed by atoms with Crippen molar-refractivity contribution in [2.45, 2.75) is 52.8 Å². The average Bonchev–Trinajstić information content (AvgIpc) is 2.78. The van der Waals surface area contributed by atoms with Crippen LogP contribution in [-0.4, -0.2) is 6.61 Å². The number of nitrogens with one attached hydrogen (secondary N) is 1. The van der Waals surface area contributed by atoms with Gasteiger partial charge in [-0.1, -0.05) is 85.6 Å². The summed E-state index contributed by atoms with van der Waals surface area (Å²) in [5.41, 5.74) is 4.84. The van der Waals surface area contributed by atoms with Gasteiger partial charge in [0.25, 0.3) is 0 Å². The van der Waals surface area contributed by atoms with E-state index >= 15 is 0 Å². The van der Waals surface area contributed by atoms with Gasteiger partial charge in [0.1, 0.15) is 6.61 Å². The fourth-order valence-corrected chi connectivity index (χ4v) is 3.57. The highest BCUT2D eigenvalue weighted by atomic mass is 35.5. The Labute approximate surface area is 193 Å². The fraction of sp³-hybridized carbons (Fsp3) is 0.333. The molecule has 0 fully saturated rings. The number of hydrogen-bond acceptors (Lipinski definition) is 3. The van der Waals surface area contributed by atoms with Crippen LogP contribution in [0.15, 0.2) is 72.8 Å². The first kappa shape index (κ1) is 24.8. The SMILES string of the molecule is CCCC(NCc1cccc(OCC)c1OCc1ccc(C)cc1)c1ccccc1.Cl. The number of para-hydroxylation sites is 1. The van der Waals surface area contributed by atoms with E-state index in [1.807, 2.05) is 19.1 Å². The number of aryl methyl sites for hydroxylation is 1. The largest absolute Gasteiger partial charge is 0.490 e. The summed E-state index contributed by atoms with van der Waals surface area (Å²) in [5.74, 6) is 1.63. The zero-order valence-electron chi connectivity index (χ0n) is 18.8. The maximum atomic E-state index is 6.28. The Morgan fingerprint density at radius 1 is 0.839 bits per heavy atom. The summed E-state index contributed by atoms with van der Waals surface area (Å²) in [6.07, 6.45) is 2.22. The van der Waals surface area contributed by atoms with Crippen LogP contribution in [0.2, 0.25) is 0 Å². The van der Waals surface area contributed by atoms with E-state index in [0.29, 0.717) is 19.3 Å². The number of hydrogen-bond donors (Lipinski definition) is 1. The van der Waals surface area contributed by atoms with Gasteiger partial charge in [-0.3, -0.25) is 0 Å². The Hall–Kier alpha value is -2.49. The van der Waals surface area contributed by atoms with Crippen molar-refractivity contribution in [2.75, 3.05) is 6.61 Å². The van der Waals surface area contributed by atoms with Gasteiger partial charge in [-0.2, -0.15) is 0 Å². The quantitative estimate of drug-likeness (QED) is 0.348. The van der Waals surface area contributed by atoms with Crippen LogP contribution in [-0.2, 0) is 13.2 Å². The lowest BCUT2D eigenvalue weighted by Crippen LogP contribution is -2.21. The van der Waals surface area contributed by atoms with Crippen LogP contribution < -0.4 is 14.8 Å². The first-order valence-electron chi connectivity index (χ1n) is 10.9. The molecule has 4 heteroatoms. The van der Waals surface area contributed by atoms with Gasteiger partial charge in [0, 0.05) is 18.2 Å². The Morgan fingerprint density at radius 3 is 2.26 bits per heavy atom. The highest BCUT2D eigenvalue weighted by Gasteiger charge is 2.15. The maximum absolute atomic E-state index is 6.28. The van der Waals surface area contributed by atoms with Gasteiger partial charge in [0.05, 0.1) is 6.61 Å². The first-order valence-corrected chi connectivity index (χ1v) is 10.9. The Bertz CT molecular complexity index is 897. The van der Waals surface area contributed by atoms with Gasteiger partial charge < -0.3 is 14.8 Å². The van der Waals surface area contributed by atoms with Crippen molar-refractivity contribution >= 4 is 12.4 Å². The minimum atomic E-state index is 0. The molecule has 3 nitrogen and oxygen atoms in total. The third-order valence-corrected chi connectivity index (χ3v) is 5.18. The molecule has 1 atom stereocenters. The van der Waals surface area contributed by atoms with Crippen molar-refractivity contribution in [2.24, 2.45) is 0 Å². The highest BCUT2D eigenvalue weighted by molar-refractivity contribution is 5.85. The second kappa shape index (κ2) is 13.0. The van der Waals surface area contributed by atoms with Gasteiger partial charge in [0.2, 0.25) is 0 Å². The van der Waals surface area contributed by atoms with E-state index in [1.165, 1.54) is 11.1 Å². The predicted octanol–water partition coefficient (Wildman–Crippen LogP) is 7.03. The minimum absolute atomic E-state index is 0. The van der Waals surface area contributed by atoms with Crippen molar-refractivity contribution in [1.82, 2.24) is 5.32 Å². The average molecular weight is 440 g/mol.